The third-order valence-corrected chi connectivity index (χ3v) is 5.31. The summed E-state index contributed by atoms with van der Waals surface area (Å²) in [6.07, 6.45) is 0.503. The van der Waals surface area contributed by atoms with Crippen LogP contribution in [-0.4, -0.2) is 67.3 Å². The number of aromatic hydroxyl groups is 1. The fraction of sp³-hybridized carbons (Fsp3) is 0.423. The lowest BCUT2D eigenvalue weighted by Crippen LogP contribution is -2.50. The van der Waals surface area contributed by atoms with Crippen molar-refractivity contribution in [2.45, 2.75) is 52.2 Å². The van der Waals surface area contributed by atoms with Crippen LogP contribution in [0.1, 0.15) is 45.7 Å². The number of carbonyl (C=O) groups excluding carboxylic acids is 2. The smallest absolute Gasteiger partial charge is 0.247 e. The third-order valence-electron chi connectivity index (χ3n) is 5.31. The highest BCUT2D eigenvalue weighted by Crippen LogP contribution is 2.25. The molecule has 0 fully saturated rings. The molecule has 1 aromatic heterocycles. The molecule has 2 amide bonds. The van der Waals surface area contributed by atoms with Gasteiger partial charge in [0.15, 0.2) is 0 Å². The van der Waals surface area contributed by atoms with Crippen LogP contribution in [0.5, 0.6) is 5.75 Å². The monoisotopic (exact) mass is 512 g/mol. The summed E-state index contributed by atoms with van der Waals surface area (Å²) in [6.45, 7) is 8.38. The Morgan fingerprint density at radius 2 is 1.81 bits per heavy atom. The molecule has 0 spiro atoms. The molecular formula is C26H33FN6O4. The van der Waals surface area contributed by atoms with Crippen LogP contribution in [0, 0.1) is 5.82 Å². The maximum Gasteiger partial charge on any atom is 0.247 e. The van der Waals surface area contributed by atoms with Crippen molar-refractivity contribution in [1.82, 2.24) is 30.4 Å². The van der Waals surface area contributed by atoms with Crippen LogP contribution < -0.4 is 5.32 Å². The SMILES string of the molecule is CCOCCCN(C(=O)Cn1nnc(-c2ccc(F)cc2)n1)C(C(=O)NC(C)(C)C)c1ccc(O)cc1. The number of phenolic OH excluding ortho intramolecular Hbond substituents is 1. The van der Waals surface area contributed by atoms with Gasteiger partial charge >= 0.3 is 0 Å². The Balaban J connectivity index is 1.90. The maximum absolute atomic E-state index is 13.6. The number of hydrogen-bond acceptors (Lipinski definition) is 7. The first-order valence-electron chi connectivity index (χ1n) is 12.1. The number of benzene rings is 2. The lowest BCUT2D eigenvalue weighted by Gasteiger charge is -2.33. The van der Waals surface area contributed by atoms with Gasteiger partial charge in [0.1, 0.15) is 24.2 Å². The van der Waals surface area contributed by atoms with Crippen molar-refractivity contribution in [2.24, 2.45) is 0 Å². The van der Waals surface area contributed by atoms with E-state index in [1.807, 2.05) is 27.7 Å². The van der Waals surface area contributed by atoms with Crippen molar-refractivity contribution in [3.8, 4) is 17.1 Å². The van der Waals surface area contributed by atoms with Gasteiger partial charge in [0.25, 0.3) is 0 Å². The highest BCUT2D eigenvalue weighted by molar-refractivity contribution is 5.89. The topological polar surface area (TPSA) is 122 Å². The Labute approximate surface area is 215 Å². The fourth-order valence-electron chi connectivity index (χ4n) is 3.68. The summed E-state index contributed by atoms with van der Waals surface area (Å²) in [5.41, 5.74) is 0.562. The highest BCUT2D eigenvalue weighted by Gasteiger charge is 2.33. The molecule has 0 bridgehead atoms. The van der Waals surface area contributed by atoms with Crippen LogP contribution in [0.25, 0.3) is 11.4 Å². The first-order valence-corrected chi connectivity index (χ1v) is 12.1. The van der Waals surface area contributed by atoms with Crippen molar-refractivity contribution in [3.05, 3.63) is 59.9 Å². The Morgan fingerprint density at radius 3 is 2.43 bits per heavy atom. The zero-order valence-electron chi connectivity index (χ0n) is 21.5. The van der Waals surface area contributed by atoms with E-state index in [0.717, 1.165) is 4.80 Å². The van der Waals surface area contributed by atoms with Gasteiger partial charge in [-0.3, -0.25) is 9.59 Å². The predicted octanol–water partition coefficient (Wildman–Crippen LogP) is 3.10. The number of nitrogens with zero attached hydrogens (tertiary/aromatic N) is 5. The minimum absolute atomic E-state index is 0.0492. The summed E-state index contributed by atoms with van der Waals surface area (Å²) in [4.78, 5) is 29.7. The zero-order valence-corrected chi connectivity index (χ0v) is 21.5. The second kappa shape index (κ2) is 12.4. The van der Waals surface area contributed by atoms with Gasteiger partial charge in [-0.25, -0.2) is 4.39 Å². The van der Waals surface area contributed by atoms with Gasteiger partial charge in [-0.2, -0.15) is 4.80 Å². The van der Waals surface area contributed by atoms with Crippen molar-refractivity contribution >= 4 is 11.8 Å². The van der Waals surface area contributed by atoms with E-state index in [-0.39, 0.29) is 36.4 Å². The molecule has 0 saturated carbocycles. The summed E-state index contributed by atoms with van der Waals surface area (Å²) in [5, 5.41) is 24.9. The summed E-state index contributed by atoms with van der Waals surface area (Å²) in [6, 6.07) is 10.8. The van der Waals surface area contributed by atoms with Gasteiger partial charge in [0.05, 0.1) is 0 Å². The number of carbonyl (C=O) groups is 2. The number of phenols is 1. The first-order chi connectivity index (χ1) is 17.6. The number of aromatic nitrogens is 4. The molecule has 11 heteroatoms. The number of nitrogens with one attached hydrogen (secondary N) is 1. The Hall–Kier alpha value is -3.86. The van der Waals surface area contributed by atoms with Crippen molar-refractivity contribution < 1.29 is 23.8 Å². The van der Waals surface area contributed by atoms with Crippen LogP contribution >= 0.6 is 0 Å². The number of amides is 2. The van der Waals surface area contributed by atoms with Gasteiger partial charge in [0, 0.05) is 30.9 Å². The second-order valence-corrected chi connectivity index (χ2v) is 9.52. The molecule has 3 rings (SSSR count). The van der Waals surface area contributed by atoms with Crippen molar-refractivity contribution in [3.63, 3.8) is 0 Å². The quantitative estimate of drug-likeness (QED) is 0.379. The molecule has 0 radical (unpaired) electrons. The lowest BCUT2D eigenvalue weighted by atomic mass is 10.0. The Morgan fingerprint density at radius 1 is 1.14 bits per heavy atom. The molecule has 2 aromatic carbocycles. The summed E-state index contributed by atoms with van der Waals surface area (Å²) >= 11 is 0. The molecule has 2 N–H and O–H groups in total. The van der Waals surface area contributed by atoms with E-state index in [9.17, 15) is 19.1 Å². The van der Waals surface area contributed by atoms with Crippen LogP contribution in [0.2, 0.25) is 0 Å². The van der Waals surface area contributed by atoms with E-state index in [1.165, 1.54) is 41.3 Å². The molecular weight excluding hydrogens is 479 g/mol. The van der Waals surface area contributed by atoms with Gasteiger partial charge in [0.2, 0.25) is 17.6 Å². The largest absolute Gasteiger partial charge is 0.508 e. The van der Waals surface area contributed by atoms with E-state index < -0.39 is 17.5 Å². The molecule has 0 aliphatic heterocycles. The van der Waals surface area contributed by atoms with Gasteiger partial charge < -0.3 is 20.1 Å². The molecule has 198 valence electrons. The van der Waals surface area contributed by atoms with E-state index in [0.29, 0.717) is 30.8 Å². The lowest BCUT2D eigenvalue weighted by molar-refractivity contribution is -0.142. The first kappa shape index (κ1) is 27.7. The van der Waals surface area contributed by atoms with Crippen molar-refractivity contribution in [2.75, 3.05) is 19.8 Å². The molecule has 37 heavy (non-hydrogen) atoms. The fourth-order valence-corrected chi connectivity index (χ4v) is 3.68. The maximum atomic E-state index is 13.6. The predicted molar refractivity (Wildman–Crippen MR) is 135 cm³/mol. The number of rotatable bonds is 11. The van der Waals surface area contributed by atoms with Crippen LogP contribution in [0.4, 0.5) is 4.39 Å². The third kappa shape index (κ3) is 8.07. The Kier molecular flexibility index (Phi) is 9.29. The molecule has 1 atom stereocenters. The van der Waals surface area contributed by atoms with Gasteiger partial charge in [-0.05, 0) is 81.3 Å². The number of ether oxygens (including phenoxy) is 1. The van der Waals surface area contributed by atoms with Gasteiger partial charge in [-0.1, -0.05) is 12.1 Å². The number of tetrazole rings is 1. The normalized spacial score (nSPS) is 12.2. The van der Waals surface area contributed by atoms with E-state index in [1.54, 1.807) is 12.1 Å². The Bertz CT molecular complexity index is 1180. The molecule has 0 aliphatic rings. The van der Waals surface area contributed by atoms with E-state index >= 15 is 0 Å². The molecule has 0 saturated heterocycles. The van der Waals surface area contributed by atoms with Crippen molar-refractivity contribution in [1.29, 1.82) is 0 Å². The molecule has 1 heterocycles. The van der Waals surface area contributed by atoms with E-state index in [4.69, 9.17) is 4.74 Å². The molecule has 3 aromatic rings. The van der Waals surface area contributed by atoms with Crippen LogP contribution in [0.3, 0.4) is 0 Å². The number of hydrogen-bond donors (Lipinski definition) is 2. The summed E-state index contributed by atoms with van der Waals surface area (Å²) in [5.74, 6) is -0.852. The molecule has 1 unspecified atom stereocenters. The minimum Gasteiger partial charge on any atom is -0.508 e. The van der Waals surface area contributed by atoms with Crippen LogP contribution in [-0.2, 0) is 20.9 Å². The highest BCUT2D eigenvalue weighted by atomic mass is 19.1. The number of halogens is 1. The van der Waals surface area contributed by atoms with Crippen LogP contribution in [0.15, 0.2) is 48.5 Å². The molecule has 0 aliphatic carbocycles. The standard InChI is InChI=1S/C26H33FN6O4/c1-5-37-16-6-15-32(23(25(36)28-26(2,3)4)18-9-13-21(34)14-10-18)22(35)17-33-30-24(29-31-33)19-7-11-20(27)12-8-19/h7-14,23,34H,5-6,15-17H2,1-4H3,(H,28,36). The summed E-state index contributed by atoms with van der Waals surface area (Å²) in [7, 11) is 0. The minimum atomic E-state index is -0.964. The second-order valence-electron chi connectivity index (χ2n) is 9.52. The summed E-state index contributed by atoms with van der Waals surface area (Å²) < 4.78 is 18.7. The van der Waals surface area contributed by atoms with Gasteiger partial charge in [-0.15, -0.1) is 10.2 Å². The van der Waals surface area contributed by atoms with E-state index in [2.05, 4.69) is 20.7 Å². The average Bonchev–Trinajstić information content (AvgIpc) is 3.29. The molecule has 10 nitrogen and oxygen atoms in total. The zero-order chi connectivity index (χ0) is 27.0. The average molecular weight is 513 g/mol.